The summed E-state index contributed by atoms with van der Waals surface area (Å²) in [4.78, 5) is 18.5. The van der Waals surface area contributed by atoms with Gasteiger partial charge in [0.2, 0.25) is 0 Å². The maximum atomic E-state index is 12.7. The SMILES string of the molecule is CCOC(=O)c1c(NC(=S)N2CCN(Cc3ccccc3Cl)CC2)sc2c1CCCC2. The molecule has 8 heteroatoms. The first-order valence-electron chi connectivity index (χ1n) is 10.9. The third-order valence-electron chi connectivity index (χ3n) is 5.88. The largest absolute Gasteiger partial charge is 0.462 e. The van der Waals surface area contributed by atoms with Gasteiger partial charge < -0.3 is 15.0 Å². The van der Waals surface area contributed by atoms with Gasteiger partial charge in [0, 0.05) is 42.6 Å². The quantitative estimate of drug-likeness (QED) is 0.484. The molecular weight excluding hydrogens is 450 g/mol. The number of piperazine rings is 1. The molecule has 1 N–H and O–H groups in total. The molecule has 1 fully saturated rings. The molecule has 2 heterocycles. The van der Waals surface area contributed by atoms with Crippen molar-refractivity contribution < 1.29 is 9.53 Å². The van der Waals surface area contributed by atoms with E-state index in [0.717, 1.165) is 73.1 Å². The van der Waals surface area contributed by atoms with Crippen LogP contribution in [0, 0.1) is 0 Å². The van der Waals surface area contributed by atoms with Crippen molar-refractivity contribution in [2.24, 2.45) is 0 Å². The Kier molecular flexibility index (Phi) is 7.48. The molecule has 4 rings (SSSR count). The molecule has 2 aromatic rings. The average Bonchev–Trinajstić information content (AvgIpc) is 3.14. The molecule has 0 atom stereocenters. The molecule has 0 radical (unpaired) electrons. The lowest BCUT2D eigenvalue weighted by atomic mass is 9.95. The molecule has 0 spiro atoms. The lowest BCUT2D eigenvalue weighted by molar-refractivity contribution is 0.0526. The van der Waals surface area contributed by atoms with Gasteiger partial charge >= 0.3 is 5.97 Å². The van der Waals surface area contributed by atoms with Crippen LogP contribution in [-0.2, 0) is 24.1 Å². The number of thiocarbonyl (C=S) groups is 1. The van der Waals surface area contributed by atoms with E-state index in [1.165, 1.54) is 11.3 Å². The molecule has 5 nitrogen and oxygen atoms in total. The summed E-state index contributed by atoms with van der Waals surface area (Å²) in [6.45, 7) is 6.58. The number of esters is 1. The number of nitrogens with one attached hydrogen (secondary N) is 1. The number of anilines is 1. The Balaban J connectivity index is 1.40. The second-order valence-corrected chi connectivity index (χ2v) is 9.82. The number of nitrogens with zero attached hydrogens (tertiary/aromatic N) is 2. The fourth-order valence-electron chi connectivity index (χ4n) is 4.23. The molecule has 166 valence electrons. The summed E-state index contributed by atoms with van der Waals surface area (Å²) >= 11 is 13.7. The number of carbonyl (C=O) groups is 1. The van der Waals surface area contributed by atoms with E-state index < -0.39 is 0 Å². The monoisotopic (exact) mass is 477 g/mol. The summed E-state index contributed by atoms with van der Waals surface area (Å²) in [5.41, 5.74) is 3.01. The van der Waals surface area contributed by atoms with E-state index in [1.54, 1.807) is 11.3 Å². The van der Waals surface area contributed by atoms with Crippen LogP contribution in [0.3, 0.4) is 0 Å². The number of ether oxygens (including phenoxy) is 1. The number of hydrogen-bond donors (Lipinski definition) is 1. The van der Waals surface area contributed by atoms with Crippen LogP contribution < -0.4 is 5.32 Å². The summed E-state index contributed by atoms with van der Waals surface area (Å²) < 4.78 is 5.35. The number of rotatable bonds is 5. The highest BCUT2D eigenvalue weighted by Crippen LogP contribution is 2.38. The van der Waals surface area contributed by atoms with Gasteiger partial charge in [0.05, 0.1) is 12.2 Å². The fourth-order valence-corrected chi connectivity index (χ4v) is 6.05. The molecule has 1 aliphatic heterocycles. The first-order chi connectivity index (χ1) is 15.1. The topological polar surface area (TPSA) is 44.8 Å². The van der Waals surface area contributed by atoms with Gasteiger partial charge in [-0.15, -0.1) is 11.3 Å². The summed E-state index contributed by atoms with van der Waals surface area (Å²) in [6, 6.07) is 8.00. The molecule has 1 aromatic carbocycles. The van der Waals surface area contributed by atoms with Crippen molar-refractivity contribution >= 4 is 51.2 Å². The third-order valence-corrected chi connectivity index (χ3v) is 7.82. The van der Waals surface area contributed by atoms with Crippen molar-refractivity contribution in [1.82, 2.24) is 9.80 Å². The number of aryl methyl sites for hydroxylation is 1. The molecule has 1 aromatic heterocycles. The van der Waals surface area contributed by atoms with E-state index >= 15 is 0 Å². The Bertz CT molecular complexity index is 954. The molecule has 0 bridgehead atoms. The highest BCUT2D eigenvalue weighted by Gasteiger charge is 2.28. The minimum absolute atomic E-state index is 0.239. The highest BCUT2D eigenvalue weighted by atomic mass is 35.5. The standard InChI is InChI=1S/C23H28ClN3O2S2/c1-2-29-22(28)20-17-8-4-6-10-19(17)31-21(20)25-23(30)27-13-11-26(12-14-27)15-16-7-3-5-9-18(16)24/h3,5,7,9H,2,4,6,8,10-15H2,1H3,(H,25,30). The van der Waals surface area contributed by atoms with Crippen LogP contribution in [0.15, 0.2) is 24.3 Å². The Morgan fingerprint density at radius 2 is 1.94 bits per heavy atom. The summed E-state index contributed by atoms with van der Waals surface area (Å²) in [5, 5.41) is 5.72. The second-order valence-electron chi connectivity index (χ2n) is 7.92. The molecule has 2 aliphatic rings. The molecule has 1 saturated heterocycles. The van der Waals surface area contributed by atoms with Crippen molar-refractivity contribution in [2.45, 2.75) is 39.2 Å². The van der Waals surface area contributed by atoms with Crippen molar-refractivity contribution in [3.63, 3.8) is 0 Å². The van der Waals surface area contributed by atoms with E-state index in [0.29, 0.717) is 17.3 Å². The van der Waals surface area contributed by atoms with E-state index in [9.17, 15) is 4.79 Å². The molecule has 31 heavy (non-hydrogen) atoms. The Labute approximate surface area is 198 Å². The number of carbonyl (C=O) groups excluding carboxylic acids is 1. The minimum Gasteiger partial charge on any atom is -0.462 e. The Morgan fingerprint density at radius 3 is 2.68 bits per heavy atom. The van der Waals surface area contributed by atoms with Crippen LogP contribution in [0.1, 0.15) is 46.1 Å². The average molecular weight is 478 g/mol. The van der Waals surface area contributed by atoms with Crippen LogP contribution in [-0.4, -0.2) is 53.7 Å². The normalized spacial score (nSPS) is 16.6. The number of thiophene rings is 1. The first-order valence-corrected chi connectivity index (χ1v) is 12.5. The summed E-state index contributed by atoms with van der Waals surface area (Å²) in [5.74, 6) is -0.239. The van der Waals surface area contributed by atoms with Crippen LogP contribution in [0.4, 0.5) is 5.00 Å². The molecule has 1 aliphatic carbocycles. The van der Waals surface area contributed by atoms with Crippen molar-refractivity contribution in [3.8, 4) is 0 Å². The first kappa shape index (κ1) is 22.5. The number of benzene rings is 1. The van der Waals surface area contributed by atoms with Crippen LogP contribution >= 0.6 is 35.2 Å². The number of hydrogen-bond acceptors (Lipinski definition) is 5. The molecular formula is C23H28ClN3O2S2. The van der Waals surface area contributed by atoms with Crippen LogP contribution in [0.2, 0.25) is 5.02 Å². The van der Waals surface area contributed by atoms with Gasteiger partial charge in [-0.25, -0.2) is 4.79 Å². The van der Waals surface area contributed by atoms with Gasteiger partial charge in [0.15, 0.2) is 5.11 Å². The van der Waals surface area contributed by atoms with Gasteiger partial charge in [0.25, 0.3) is 0 Å². The summed E-state index contributed by atoms with van der Waals surface area (Å²) in [6.07, 6.45) is 4.26. The molecule has 0 saturated carbocycles. The highest BCUT2D eigenvalue weighted by molar-refractivity contribution is 7.80. The van der Waals surface area contributed by atoms with Gasteiger partial charge in [-0.3, -0.25) is 4.90 Å². The lowest BCUT2D eigenvalue weighted by Gasteiger charge is -2.36. The second kappa shape index (κ2) is 10.3. The van der Waals surface area contributed by atoms with Gasteiger partial charge in [-0.1, -0.05) is 29.8 Å². The van der Waals surface area contributed by atoms with Crippen LogP contribution in [0.25, 0.3) is 0 Å². The zero-order valence-corrected chi connectivity index (χ0v) is 20.2. The van der Waals surface area contributed by atoms with Gasteiger partial charge in [-0.05, 0) is 62.0 Å². The maximum Gasteiger partial charge on any atom is 0.341 e. The fraction of sp³-hybridized carbons (Fsp3) is 0.478. The van der Waals surface area contributed by atoms with Crippen molar-refractivity contribution in [1.29, 1.82) is 0 Å². The minimum atomic E-state index is -0.239. The Hall–Kier alpha value is -1.67. The smallest absolute Gasteiger partial charge is 0.341 e. The van der Waals surface area contributed by atoms with Gasteiger partial charge in [-0.2, -0.15) is 0 Å². The molecule has 0 amide bonds. The zero-order valence-electron chi connectivity index (χ0n) is 17.8. The van der Waals surface area contributed by atoms with E-state index in [4.69, 9.17) is 28.6 Å². The predicted octanol–water partition coefficient (Wildman–Crippen LogP) is 4.97. The van der Waals surface area contributed by atoms with E-state index in [-0.39, 0.29) is 5.97 Å². The number of fused-ring (bicyclic) bond motifs is 1. The van der Waals surface area contributed by atoms with E-state index in [2.05, 4.69) is 21.2 Å². The maximum absolute atomic E-state index is 12.7. The van der Waals surface area contributed by atoms with E-state index in [1.807, 2.05) is 25.1 Å². The predicted molar refractivity (Wildman–Crippen MR) is 131 cm³/mol. The third kappa shape index (κ3) is 5.22. The zero-order chi connectivity index (χ0) is 21.8. The van der Waals surface area contributed by atoms with Crippen molar-refractivity contribution in [3.05, 3.63) is 50.9 Å². The number of halogens is 1. The van der Waals surface area contributed by atoms with Crippen molar-refractivity contribution in [2.75, 3.05) is 38.1 Å². The van der Waals surface area contributed by atoms with Gasteiger partial charge in [0.1, 0.15) is 5.00 Å². The lowest BCUT2D eigenvalue weighted by Crippen LogP contribution is -2.49. The molecule has 0 unspecified atom stereocenters. The van der Waals surface area contributed by atoms with Crippen LogP contribution in [0.5, 0.6) is 0 Å². The summed E-state index contributed by atoms with van der Waals surface area (Å²) in [7, 11) is 0. The Morgan fingerprint density at radius 1 is 1.19 bits per heavy atom.